The predicted octanol–water partition coefficient (Wildman–Crippen LogP) is 1.80. The highest BCUT2D eigenvalue weighted by Gasteiger charge is 2.23. The van der Waals surface area contributed by atoms with Gasteiger partial charge in [0, 0.05) is 30.2 Å². The molecule has 1 aromatic heterocycles. The Kier molecular flexibility index (Phi) is 4.01. The summed E-state index contributed by atoms with van der Waals surface area (Å²) in [4.78, 5) is 15.7. The largest absolute Gasteiger partial charge is 0.352 e. The van der Waals surface area contributed by atoms with E-state index in [1.807, 2.05) is 10.8 Å². The van der Waals surface area contributed by atoms with Gasteiger partial charge in [0.25, 0.3) is 0 Å². The topological polar surface area (TPSA) is 59.0 Å². The number of hydrogen-bond donors (Lipinski definition) is 2. The number of carbonyl (C=O) groups excluding carboxylic acids is 1. The van der Waals surface area contributed by atoms with Gasteiger partial charge in [0.15, 0.2) is 0 Å². The molecule has 0 unspecified atom stereocenters. The van der Waals surface area contributed by atoms with Gasteiger partial charge >= 0.3 is 0 Å². The average Bonchev–Trinajstić information content (AvgIpc) is 3.15. The molecule has 5 heteroatoms. The van der Waals surface area contributed by atoms with Crippen molar-refractivity contribution in [1.82, 2.24) is 20.2 Å². The maximum Gasteiger partial charge on any atom is 0.234 e. The molecule has 1 fully saturated rings. The number of imidazole rings is 1. The van der Waals surface area contributed by atoms with Gasteiger partial charge in [-0.3, -0.25) is 4.79 Å². The summed E-state index contributed by atoms with van der Waals surface area (Å²) in [6.07, 6.45) is 7.70. The predicted molar refractivity (Wildman–Crippen MR) is 81.1 cm³/mol. The van der Waals surface area contributed by atoms with Crippen LogP contribution in [-0.4, -0.2) is 28.0 Å². The lowest BCUT2D eigenvalue weighted by molar-refractivity contribution is -0.120. The van der Waals surface area contributed by atoms with Crippen LogP contribution >= 0.6 is 0 Å². The molecular formula is C16H20N4O. The zero-order chi connectivity index (χ0) is 14.7. The second-order valence-corrected chi connectivity index (χ2v) is 5.51. The summed E-state index contributed by atoms with van der Waals surface area (Å²) in [5.74, 6) is 0.0828. The SMILES string of the molecule is C[C@@H](NCC(=O)NC1CC1)c1ccc(-n2ccnc2)cc1. The van der Waals surface area contributed by atoms with E-state index in [1.165, 1.54) is 0 Å². The first-order chi connectivity index (χ1) is 10.2. The van der Waals surface area contributed by atoms with Crippen LogP contribution < -0.4 is 10.6 Å². The van der Waals surface area contributed by atoms with Crippen molar-refractivity contribution in [2.24, 2.45) is 0 Å². The van der Waals surface area contributed by atoms with E-state index in [2.05, 4.69) is 46.8 Å². The smallest absolute Gasteiger partial charge is 0.234 e. The van der Waals surface area contributed by atoms with E-state index in [-0.39, 0.29) is 11.9 Å². The van der Waals surface area contributed by atoms with Gasteiger partial charge in [-0.1, -0.05) is 12.1 Å². The highest BCUT2D eigenvalue weighted by molar-refractivity contribution is 5.78. The molecule has 1 aliphatic carbocycles. The summed E-state index contributed by atoms with van der Waals surface area (Å²) in [5, 5.41) is 6.23. The third-order valence-electron chi connectivity index (χ3n) is 3.71. The summed E-state index contributed by atoms with van der Waals surface area (Å²) < 4.78 is 1.96. The van der Waals surface area contributed by atoms with E-state index in [1.54, 1.807) is 12.5 Å². The van der Waals surface area contributed by atoms with Gasteiger partial charge in [0.05, 0.1) is 12.9 Å². The molecule has 1 saturated carbocycles. The Balaban J connectivity index is 1.54. The number of nitrogens with one attached hydrogen (secondary N) is 2. The van der Waals surface area contributed by atoms with Gasteiger partial charge in [-0.05, 0) is 37.5 Å². The summed E-state index contributed by atoms with van der Waals surface area (Å²) in [7, 11) is 0. The Morgan fingerprint density at radius 3 is 2.76 bits per heavy atom. The maximum atomic E-state index is 11.7. The van der Waals surface area contributed by atoms with E-state index in [4.69, 9.17) is 0 Å². The summed E-state index contributed by atoms with van der Waals surface area (Å²) in [5.41, 5.74) is 2.24. The van der Waals surface area contributed by atoms with Crippen molar-refractivity contribution in [3.05, 3.63) is 48.5 Å². The summed E-state index contributed by atoms with van der Waals surface area (Å²) >= 11 is 0. The van der Waals surface area contributed by atoms with Gasteiger partial charge in [0.2, 0.25) is 5.91 Å². The first-order valence-corrected chi connectivity index (χ1v) is 7.33. The lowest BCUT2D eigenvalue weighted by atomic mass is 10.1. The molecule has 1 amide bonds. The fourth-order valence-corrected chi connectivity index (χ4v) is 2.22. The van der Waals surface area contributed by atoms with Crippen LogP contribution in [0.15, 0.2) is 43.0 Å². The second kappa shape index (κ2) is 6.10. The van der Waals surface area contributed by atoms with Gasteiger partial charge in [-0.2, -0.15) is 0 Å². The van der Waals surface area contributed by atoms with Crippen LogP contribution in [0, 0.1) is 0 Å². The molecule has 0 saturated heterocycles. The normalized spacial score (nSPS) is 15.7. The van der Waals surface area contributed by atoms with Crippen LogP contribution in [0.5, 0.6) is 0 Å². The van der Waals surface area contributed by atoms with Crippen molar-refractivity contribution >= 4 is 5.91 Å². The van der Waals surface area contributed by atoms with Crippen molar-refractivity contribution in [2.75, 3.05) is 6.54 Å². The molecule has 1 heterocycles. The molecule has 2 aromatic rings. The van der Waals surface area contributed by atoms with E-state index in [0.29, 0.717) is 12.6 Å². The van der Waals surface area contributed by atoms with Gasteiger partial charge in [-0.15, -0.1) is 0 Å². The minimum atomic E-state index is 0.0828. The molecular weight excluding hydrogens is 264 g/mol. The van der Waals surface area contributed by atoms with Crippen LogP contribution in [0.3, 0.4) is 0 Å². The lowest BCUT2D eigenvalue weighted by Gasteiger charge is -2.14. The number of amides is 1. The third kappa shape index (κ3) is 3.70. The highest BCUT2D eigenvalue weighted by Crippen LogP contribution is 2.18. The van der Waals surface area contributed by atoms with Crippen molar-refractivity contribution in [1.29, 1.82) is 0 Å². The van der Waals surface area contributed by atoms with Crippen molar-refractivity contribution < 1.29 is 4.79 Å². The maximum absolute atomic E-state index is 11.7. The molecule has 110 valence electrons. The average molecular weight is 284 g/mol. The molecule has 1 aliphatic rings. The van der Waals surface area contributed by atoms with Crippen LogP contribution in [-0.2, 0) is 4.79 Å². The first kappa shape index (κ1) is 13.8. The lowest BCUT2D eigenvalue weighted by Crippen LogP contribution is -2.36. The molecule has 0 aliphatic heterocycles. The molecule has 1 aromatic carbocycles. The number of benzene rings is 1. The number of aromatic nitrogens is 2. The Labute approximate surface area is 124 Å². The van der Waals surface area contributed by atoms with Crippen molar-refractivity contribution in [2.45, 2.75) is 31.8 Å². The number of rotatable bonds is 6. The first-order valence-electron chi connectivity index (χ1n) is 7.33. The molecule has 5 nitrogen and oxygen atoms in total. The van der Waals surface area contributed by atoms with Crippen LogP contribution in [0.1, 0.15) is 31.4 Å². The van der Waals surface area contributed by atoms with Crippen LogP contribution in [0.25, 0.3) is 5.69 Å². The Bertz CT molecular complexity index is 587. The van der Waals surface area contributed by atoms with Gasteiger partial charge in [0.1, 0.15) is 0 Å². The molecule has 0 spiro atoms. The Hall–Kier alpha value is -2.14. The molecule has 1 atom stereocenters. The zero-order valence-electron chi connectivity index (χ0n) is 12.1. The number of nitrogens with zero attached hydrogens (tertiary/aromatic N) is 2. The Morgan fingerprint density at radius 1 is 1.38 bits per heavy atom. The minimum absolute atomic E-state index is 0.0828. The molecule has 0 bridgehead atoms. The van der Waals surface area contributed by atoms with E-state index in [9.17, 15) is 4.79 Å². The standard InChI is InChI=1S/C16H20N4O/c1-12(18-10-16(21)19-14-4-5-14)13-2-6-15(7-3-13)20-9-8-17-11-20/h2-3,6-9,11-12,14,18H,4-5,10H2,1H3,(H,19,21)/t12-/m1/s1. The van der Waals surface area contributed by atoms with E-state index in [0.717, 1.165) is 24.1 Å². The second-order valence-electron chi connectivity index (χ2n) is 5.51. The van der Waals surface area contributed by atoms with Crippen LogP contribution in [0.4, 0.5) is 0 Å². The van der Waals surface area contributed by atoms with Crippen molar-refractivity contribution in [3.63, 3.8) is 0 Å². The fourth-order valence-electron chi connectivity index (χ4n) is 2.22. The molecule has 0 radical (unpaired) electrons. The zero-order valence-corrected chi connectivity index (χ0v) is 12.1. The third-order valence-corrected chi connectivity index (χ3v) is 3.71. The Morgan fingerprint density at radius 2 is 2.14 bits per heavy atom. The van der Waals surface area contributed by atoms with Crippen molar-refractivity contribution in [3.8, 4) is 5.69 Å². The quantitative estimate of drug-likeness (QED) is 0.850. The van der Waals surface area contributed by atoms with Crippen LogP contribution in [0.2, 0.25) is 0 Å². The number of carbonyl (C=O) groups is 1. The highest BCUT2D eigenvalue weighted by atomic mass is 16.2. The minimum Gasteiger partial charge on any atom is -0.352 e. The number of hydrogen-bond acceptors (Lipinski definition) is 3. The van der Waals surface area contributed by atoms with E-state index < -0.39 is 0 Å². The van der Waals surface area contributed by atoms with E-state index >= 15 is 0 Å². The molecule has 2 N–H and O–H groups in total. The fraction of sp³-hybridized carbons (Fsp3) is 0.375. The van der Waals surface area contributed by atoms with Gasteiger partial charge in [-0.25, -0.2) is 4.98 Å². The molecule has 21 heavy (non-hydrogen) atoms. The molecule has 3 rings (SSSR count). The summed E-state index contributed by atoms with van der Waals surface area (Å²) in [6, 6.07) is 8.83. The van der Waals surface area contributed by atoms with Gasteiger partial charge < -0.3 is 15.2 Å². The monoisotopic (exact) mass is 284 g/mol. The summed E-state index contributed by atoms with van der Waals surface area (Å²) in [6.45, 7) is 2.43.